The van der Waals surface area contributed by atoms with Gasteiger partial charge in [0.1, 0.15) is 0 Å². The van der Waals surface area contributed by atoms with E-state index in [-0.39, 0.29) is 0 Å². The molecule has 1 N–H and O–H groups in total. The number of nitrogens with zero attached hydrogens (tertiary/aromatic N) is 1. The molecule has 1 rings (SSSR count). The molecule has 1 aliphatic heterocycles. The van der Waals surface area contributed by atoms with Gasteiger partial charge in [-0.05, 0) is 25.8 Å². The molecule has 0 radical (unpaired) electrons. The van der Waals surface area contributed by atoms with Crippen LogP contribution in [-0.4, -0.2) is 44.7 Å². The van der Waals surface area contributed by atoms with E-state index >= 15 is 0 Å². The first-order chi connectivity index (χ1) is 8.03. The van der Waals surface area contributed by atoms with Crippen LogP contribution in [0, 0.1) is 5.92 Å². The first kappa shape index (κ1) is 14.9. The Morgan fingerprint density at radius 3 is 2.53 bits per heavy atom. The molecule has 1 saturated heterocycles. The van der Waals surface area contributed by atoms with Crippen molar-refractivity contribution in [2.45, 2.75) is 45.6 Å². The van der Waals surface area contributed by atoms with E-state index in [4.69, 9.17) is 0 Å². The lowest BCUT2D eigenvalue weighted by molar-refractivity contribution is 0.290. The maximum absolute atomic E-state index is 12.3. The van der Waals surface area contributed by atoms with Crippen LogP contribution in [0.25, 0.3) is 0 Å². The molecule has 1 heterocycles. The summed E-state index contributed by atoms with van der Waals surface area (Å²) in [6.07, 6.45) is 3.93. The van der Waals surface area contributed by atoms with E-state index < -0.39 is 10.0 Å². The van der Waals surface area contributed by atoms with Gasteiger partial charge in [-0.3, -0.25) is 0 Å². The van der Waals surface area contributed by atoms with Crippen molar-refractivity contribution in [3.8, 4) is 0 Å². The van der Waals surface area contributed by atoms with Crippen LogP contribution < -0.4 is 5.32 Å². The molecule has 1 aliphatic rings. The van der Waals surface area contributed by atoms with Crippen molar-refractivity contribution in [3.63, 3.8) is 0 Å². The van der Waals surface area contributed by atoms with E-state index in [1.807, 2.05) is 7.05 Å². The summed E-state index contributed by atoms with van der Waals surface area (Å²) >= 11 is 0. The van der Waals surface area contributed by atoms with Crippen molar-refractivity contribution in [1.82, 2.24) is 9.62 Å². The number of hydrogen-bond donors (Lipinski definition) is 1. The minimum atomic E-state index is -3.06. The van der Waals surface area contributed by atoms with E-state index in [0.29, 0.717) is 30.8 Å². The van der Waals surface area contributed by atoms with Gasteiger partial charge in [0, 0.05) is 19.1 Å². The maximum Gasteiger partial charge on any atom is 0.214 e. The molecule has 0 aliphatic carbocycles. The van der Waals surface area contributed by atoms with Gasteiger partial charge in [0.25, 0.3) is 0 Å². The fourth-order valence-corrected chi connectivity index (χ4v) is 4.45. The highest BCUT2D eigenvalue weighted by Crippen LogP contribution is 2.18. The molecule has 0 aromatic heterocycles. The number of sulfonamides is 1. The Balaban J connectivity index is 2.63. The summed E-state index contributed by atoms with van der Waals surface area (Å²) in [6, 6.07) is 0.320. The van der Waals surface area contributed by atoms with Crippen molar-refractivity contribution in [1.29, 1.82) is 0 Å². The topological polar surface area (TPSA) is 49.4 Å². The van der Waals surface area contributed by atoms with E-state index in [9.17, 15) is 8.42 Å². The number of likely N-dealkylation sites (N-methyl/N-ethyl adjacent to an activating group) is 1. The van der Waals surface area contributed by atoms with E-state index in [0.717, 1.165) is 25.7 Å². The smallest absolute Gasteiger partial charge is 0.214 e. The predicted molar refractivity (Wildman–Crippen MR) is 71.5 cm³/mol. The number of hydrogen-bond acceptors (Lipinski definition) is 3. The Morgan fingerprint density at radius 2 is 2.00 bits per heavy atom. The van der Waals surface area contributed by atoms with Crippen molar-refractivity contribution in [2.24, 2.45) is 5.92 Å². The third-order valence-corrected chi connectivity index (χ3v) is 5.80. The van der Waals surface area contributed by atoms with Gasteiger partial charge >= 0.3 is 0 Å². The summed E-state index contributed by atoms with van der Waals surface area (Å²) in [7, 11) is -1.15. The molecule has 1 fully saturated rings. The van der Waals surface area contributed by atoms with Crippen LogP contribution in [0.2, 0.25) is 0 Å². The average molecular weight is 262 g/mol. The normalized spacial score (nSPS) is 23.2. The second-order valence-corrected chi connectivity index (χ2v) is 6.96. The fraction of sp³-hybridized carbons (Fsp3) is 1.00. The van der Waals surface area contributed by atoms with Crippen LogP contribution in [0.5, 0.6) is 0 Å². The molecule has 0 aromatic carbocycles. The lowest BCUT2D eigenvalue weighted by atomic mass is 10.1. The Bertz CT molecular complexity index is 312. The monoisotopic (exact) mass is 262 g/mol. The molecule has 0 amide bonds. The van der Waals surface area contributed by atoms with Crippen LogP contribution in [0.3, 0.4) is 0 Å². The largest absolute Gasteiger partial charge is 0.316 e. The third kappa shape index (κ3) is 4.23. The summed E-state index contributed by atoms with van der Waals surface area (Å²) < 4.78 is 26.2. The molecular weight excluding hydrogens is 236 g/mol. The van der Waals surface area contributed by atoms with Gasteiger partial charge in [-0.25, -0.2) is 12.7 Å². The summed E-state index contributed by atoms with van der Waals surface area (Å²) in [5.74, 6) is 0.617. The number of piperidine rings is 1. The van der Waals surface area contributed by atoms with Gasteiger partial charge in [-0.1, -0.05) is 26.7 Å². The first-order valence-electron chi connectivity index (χ1n) is 6.68. The number of rotatable bonds is 6. The fourth-order valence-electron chi connectivity index (χ4n) is 2.36. The lowest BCUT2D eigenvalue weighted by Crippen LogP contribution is -2.48. The van der Waals surface area contributed by atoms with Gasteiger partial charge < -0.3 is 5.32 Å². The van der Waals surface area contributed by atoms with Crippen LogP contribution in [0.4, 0.5) is 0 Å². The Labute approximate surface area is 106 Å². The third-order valence-electron chi connectivity index (χ3n) is 3.79. The second kappa shape index (κ2) is 6.71. The Hall–Kier alpha value is -0.130. The summed E-state index contributed by atoms with van der Waals surface area (Å²) in [5.41, 5.74) is 0. The molecule has 0 bridgehead atoms. The molecule has 102 valence electrons. The van der Waals surface area contributed by atoms with Crippen LogP contribution in [-0.2, 0) is 10.0 Å². The van der Waals surface area contributed by atoms with Gasteiger partial charge in [0.15, 0.2) is 0 Å². The molecular formula is C12H26N2O2S. The van der Waals surface area contributed by atoms with E-state index in [1.54, 1.807) is 4.31 Å². The van der Waals surface area contributed by atoms with E-state index in [1.165, 1.54) is 0 Å². The van der Waals surface area contributed by atoms with Crippen LogP contribution in [0.1, 0.15) is 39.5 Å². The zero-order chi connectivity index (χ0) is 12.9. The van der Waals surface area contributed by atoms with Gasteiger partial charge in [0.05, 0.1) is 5.75 Å². The number of nitrogens with one attached hydrogen (secondary N) is 1. The zero-order valence-corrected chi connectivity index (χ0v) is 12.1. The molecule has 1 unspecified atom stereocenters. The van der Waals surface area contributed by atoms with Gasteiger partial charge in [0.2, 0.25) is 10.0 Å². The lowest BCUT2D eigenvalue weighted by Gasteiger charge is -2.32. The van der Waals surface area contributed by atoms with Crippen molar-refractivity contribution >= 4 is 10.0 Å². The van der Waals surface area contributed by atoms with Crippen LogP contribution >= 0.6 is 0 Å². The molecule has 1 atom stereocenters. The summed E-state index contributed by atoms with van der Waals surface area (Å²) in [4.78, 5) is 0. The maximum atomic E-state index is 12.3. The molecule has 17 heavy (non-hydrogen) atoms. The molecule has 4 nitrogen and oxygen atoms in total. The van der Waals surface area contributed by atoms with Crippen molar-refractivity contribution in [3.05, 3.63) is 0 Å². The minimum Gasteiger partial charge on any atom is -0.316 e. The second-order valence-electron chi connectivity index (χ2n) is 4.95. The zero-order valence-electron chi connectivity index (χ0n) is 11.3. The first-order valence-corrected chi connectivity index (χ1v) is 8.29. The van der Waals surface area contributed by atoms with Crippen molar-refractivity contribution in [2.75, 3.05) is 25.9 Å². The van der Waals surface area contributed by atoms with Gasteiger partial charge in [-0.2, -0.15) is 0 Å². The highest BCUT2D eigenvalue weighted by Gasteiger charge is 2.29. The molecule has 0 spiro atoms. The molecule has 0 saturated carbocycles. The summed E-state index contributed by atoms with van der Waals surface area (Å²) in [6.45, 7) is 5.46. The Kier molecular flexibility index (Phi) is 5.89. The highest BCUT2D eigenvalue weighted by molar-refractivity contribution is 7.89. The highest BCUT2D eigenvalue weighted by atomic mass is 32.2. The Morgan fingerprint density at radius 1 is 1.35 bits per heavy atom. The van der Waals surface area contributed by atoms with Crippen LogP contribution in [0.15, 0.2) is 0 Å². The van der Waals surface area contributed by atoms with Crippen molar-refractivity contribution < 1.29 is 8.42 Å². The molecule has 5 heteroatoms. The standard InChI is InChI=1S/C12H26N2O2S/c1-4-11(5-2)10-17(15,16)14-8-6-7-12(9-14)13-3/h11-13H,4-10H2,1-3H3. The predicted octanol–water partition coefficient (Wildman–Crippen LogP) is 1.44. The summed E-state index contributed by atoms with van der Waals surface area (Å²) in [5, 5.41) is 3.18. The molecule has 0 aromatic rings. The van der Waals surface area contributed by atoms with E-state index in [2.05, 4.69) is 19.2 Å². The SMILES string of the molecule is CCC(CC)CS(=O)(=O)N1CCCC(NC)C1. The average Bonchev–Trinajstić information content (AvgIpc) is 2.36. The minimum absolute atomic E-state index is 0.301. The quantitative estimate of drug-likeness (QED) is 0.788. The van der Waals surface area contributed by atoms with Gasteiger partial charge in [-0.15, -0.1) is 0 Å².